The van der Waals surface area contributed by atoms with Gasteiger partial charge in [-0.3, -0.25) is 9.59 Å². The zero-order valence-electron chi connectivity index (χ0n) is 16.4. The molecule has 0 radical (unpaired) electrons. The molecule has 6 rings (SSSR count). The number of H-pyrrole nitrogens is 1. The summed E-state index contributed by atoms with van der Waals surface area (Å²) in [6, 6.07) is 7.66. The van der Waals surface area contributed by atoms with Crippen molar-refractivity contribution >= 4 is 22.8 Å². The van der Waals surface area contributed by atoms with Crippen LogP contribution in [0.3, 0.4) is 0 Å². The number of aromatic nitrogens is 1. The van der Waals surface area contributed by atoms with Gasteiger partial charge in [-0.15, -0.1) is 0 Å². The molecule has 1 aromatic carbocycles. The van der Waals surface area contributed by atoms with Gasteiger partial charge in [-0.2, -0.15) is 0 Å². The molecule has 4 bridgehead atoms. The molecule has 1 heterocycles. The van der Waals surface area contributed by atoms with E-state index in [9.17, 15) is 14.7 Å². The Labute approximate surface area is 169 Å². The summed E-state index contributed by atoms with van der Waals surface area (Å²) in [5.41, 5.74) is 7.66. The smallest absolute Gasteiger partial charge is 0.321 e. The SMILES string of the molecule is NCC(c1c[nH]c2ccccc12)C(C(=O)O)C(=O)OC1C2CC3CC(C2)CC1C3. The van der Waals surface area contributed by atoms with E-state index < -0.39 is 23.8 Å². The number of esters is 1. The second-order valence-corrected chi connectivity index (χ2v) is 9.28. The number of carboxylic acids is 1. The molecule has 29 heavy (non-hydrogen) atoms. The van der Waals surface area contributed by atoms with E-state index in [1.807, 2.05) is 24.3 Å². The number of hydrogen-bond donors (Lipinski definition) is 3. The van der Waals surface area contributed by atoms with Crippen molar-refractivity contribution in [3.05, 3.63) is 36.0 Å². The third kappa shape index (κ3) is 3.14. The second-order valence-electron chi connectivity index (χ2n) is 9.28. The molecule has 154 valence electrons. The van der Waals surface area contributed by atoms with Crippen LogP contribution in [0.15, 0.2) is 30.5 Å². The largest absolute Gasteiger partial charge is 0.481 e. The Kier molecular flexibility index (Phi) is 4.62. The van der Waals surface area contributed by atoms with E-state index in [0.717, 1.165) is 54.0 Å². The van der Waals surface area contributed by atoms with Crippen LogP contribution >= 0.6 is 0 Å². The third-order valence-corrected chi connectivity index (χ3v) is 7.59. The van der Waals surface area contributed by atoms with E-state index in [2.05, 4.69) is 4.98 Å². The summed E-state index contributed by atoms with van der Waals surface area (Å²) in [5.74, 6) is -1.39. The highest BCUT2D eigenvalue weighted by molar-refractivity contribution is 5.96. The van der Waals surface area contributed by atoms with Crippen molar-refractivity contribution in [1.29, 1.82) is 0 Å². The first-order chi connectivity index (χ1) is 14.0. The molecular formula is C23H28N2O4. The molecule has 0 amide bonds. The zero-order chi connectivity index (χ0) is 20.1. The van der Waals surface area contributed by atoms with Gasteiger partial charge in [-0.25, -0.2) is 0 Å². The number of benzene rings is 1. The van der Waals surface area contributed by atoms with Crippen molar-refractivity contribution in [2.24, 2.45) is 35.3 Å². The van der Waals surface area contributed by atoms with Crippen LogP contribution in [0, 0.1) is 29.6 Å². The third-order valence-electron chi connectivity index (χ3n) is 7.59. The van der Waals surface area contributed by atoms with Crippen LogP contribution in [0.25, 0.3) is 10.9 Å². The van der Waals surface area contributed by atoms with Gasteiger partial charge in [0.25, 0.3) is 0 Å². The van der Waals surface area contributed by atoms with Crippen LogP contribution in [0.5, 0.6) is 0 Å². The fourth-order valence-electron chi connectivity index (χ4n) is 6.56. The van der Waals surface area contributed by atoms with Gasteiger partial charge in [-0.05, 0) is 67.4 Å². The monoisotopic (exact) mass is 396 g/mol. The molecule has 6 heteroatoms. The van der Waals surface area contributed by atoms with E-state index in [1.165, 1.54) is 6.42 Å². The zero-order valence-corrected chi connectivity index (χ0v) is 16.4. The van der Waals surface area contributed by atoms with Crippen LogP contribution in [-0.4, -0.2) is 34.7 Å². The minimum atomic E-state index is -1.30. The van der Waals surface area contributed by atoms with Gasteiger partial charge in [0.1, 0.15) is 6.10 Å². The second kappa shape index (κ2) is 7.17. The van der Waals surface area contributed by atoms with E-state index in [1.54, 1.807) is 6.20 Å². The number of nitrogens with one attached hydrogen (secondary N) is 1. The van der Waals surface area contributed by atoms with Gasteiger partial charge in [-0.1, -0.05) is 18.2 Å². The van der Waals surface area contributed by atoms with Gasteiger partial charge in [0, 0.05) is 29.6 Å². The van der Waals surface area contributed by atoms with Crippen molar-refractivity contribution in [3.8, 4) is 0 Å². The molecule has 0 saturated heterocycles. The highest BCUT2D eigenvalue weighted by Gasteiger charge is 2.51. The number of aliphatic carboxylic acids is 1. The lowest BCUT2D eigenvalue weighted by molar-refractivity contribution is -0.180. The van der Waals surface area contributed by atoms with Crippen molar-refractivity contribution in [1.82, 2.24) is 4.98 Å². The molecule has 4 saturated carbocycles. The van der Waals surface area contributed by atoms with E-state index in [0.29, 0.717) is 11.8 Å². The van der Waals surface area contributed by atoms with Crippen molar-refractivity contribution in [2.45, 2.75) is 44.1 Å². The quantitative estimate of drug-likeness (QED) is 0.513. The summed E-state index contributed by atoms with van der Waals surface area (Å²) < 4.78 is 5.96. The Hall–Kier alpha value is -2.34. The van der Waals surface area contributed by atoms with Gasteiger partial charge in [0.2, 0.25) is 0 Å². The predicted octanol–water partition coefficient (Wildman–Crippen LogP) is 3.28. The minimum Gasteiger partial charge on any atom is -0.481 e. The normalized spacial score (nSPS) is 32.2. The van der Waals surface area contributed by atoms with Crippen LogP contribution in [0.2, 0.25) is 0 Å². The Morgan fingerprint density at radius 3 is 2.38 bits per heavy atom. The van der Waals surface area contributed by atoms with E-state index in [4.69, 9.17) is 10.5 Å². The van der Waals surface area contributed by atoms with Crippen LogP contribution < -0.4 is 5.73 Å². The summed E-state index contributed by atoms with van der Waals surface area (Å²) in [7, 11) is 0. The van der Waals surface area contributed by atoms with Crippen molar-refractivity contribution < 1.29 is 19.4 Å². The number of para-hydroxylation sites is 1. The number of hydrogen-bond acceptors (Lipinski definition) is 4. The molecule has 4 fully saturated rings. The van der Waals surface area contributed by atoms with Crippen LogP contribution in [-0.2, 0) is 14.3 Å². The van der Waals surface area contributed by atoms with Gasteiger partial charge >= 0.3 is 11.9 Å². The summed E-state index contributed by atoms with van der Waals surface area (Å²) >= 11 is 0. The van der Waals surface area contributed by atoms with E-state index >= 15 is 0 Å². The number of rotatable bonds is 6. The molecular weight excluding hydrogens is 368 g/mol. The van der Waals surface area contributed by atoms with Crippen molar-refractivity contribution in [2.75, 3.05) is 6.54 Å². The van der Waals surface area contributed by atoms with Gasteiger partial charge < -0.3 is 20.6 Å². The molecule has 2 unspecified atom stereocenters. The molecule has 2 atom stereocenters. The average Bonchev–Trinajstić information content (AvgIpc) is 3.11. The van der Waals surface area contributed by atoms with E-state index in [-0.39, 0.29) is 12.6 Å². The number of fused-ring (bicyclic) bond motifs is 1. The number of carbonyl (C=O) groups is 2. The Morgan fingerprint density at radius 2 is 1.76 bits per heavy atom. The summed E-state index contributed by atoms with van der Waals surface area (Å²) in [6.07, 6.45) is 7.43. The fraction of sp³-hybridized carbons (Fsp3) is 0.565. The Morgan fingerprint density at radius 1 is 1.10 bits per heavy atom. The number of nitrogens with two attached hydrogens (primary N) is 1. The number of ether oxygens (including phenoxy) is 1. The molecule has 4 aliphatic rings. The molecule has 4 aliphatic carbocycles. The lowest BCUT2D eigenvalue weighted by atomic mass is 9.55. The Bertz CT molecular complexity index is 908. The van der Waals surface area contributed by atoms with Crippen LogP contribution in [0.4, 0.5) is 0 Å². The molecule has 4 N–H and O–H groups in total. The maximum Gasteiger partial charge on any atom is 0.321 e. The lowest BCUT2D eigenvalue weighted by Crippen LogP contribution is -2.51. The maximum atomic E-state index is 13.1. The van der Waals surface area contributed by atoms with Gasteiger partial charge in [0.15, 0.2) is 5.92 Å². The highest BCUT2D eigenvalue weighted by Crippen LogP contribution is 2.54. The number of carboxylic acid groups (broad SMARTS) is 1. The predicted molar refractivity (Wildman–Crippen MR) is 108 cm³/mol. The average molecular weight is 396 g/mol. The summed E-state index contributed by atoms with van der Waals surface area (Å²) in [6.45, 7) is 0.0651. The molecule has 6 nitrogen and oxygen atoms in total. The summed E-state index contributed by atoms with van der Waals surface area (Å²) in [4.78, 5) is 28.5. The highest BCUT2D eigenvalue weighted by atomic mass is 16.5. The molecule has 2 aromatic rings. The number of carbonyl (C=O) groups excluding carboxylic acids is 1. The standard InChI is InChI=1S/C23H28N2O4/c24-10-17(18-11-25-19-4-2-1-3-16(18)19)20(22(26)27)23(28)29-21-14-6-12-5-13(8-14)9-15(21)7-12/h1-4,11-15,17,20-21,25H,5-10,24H2,(H,26,27). The topological polar surface area (TPSA) is 105 Å². The minimum absolute atomic E-state index is 0.0651. The first-order valence-electron chi connectivity index (χ1n) is 10.7. The molecule has 0 spiro atoms. The summed E-state index contributed by atoms with van der Waals surface area (Å²) in [5, 5.41) is 10.8. The van der Waals surface area contributed by atoms with Crippen LogP contribution in [0.1, 0.15) is 43.6 Å². The lowest BCUT2D eigenvalue weighted by Gasteiger charge is -2.53. The first-order valence-corrected chi connectivity index (χ1v) is 10.7. The Balaban J connectivity index is 1.40. The van der Waals surface area contributed by atoms with Crippen molar-refractivity contribution in [3.63, 3.8) is 0 Å². The fourth-order valence-corrected chi connectivity index (χ4v) is 6.56. The molecule has 0 aliphatic heterocycles. The van der Waals surface area contributed by atoms with Gasteiger partial charge in [0.05, 0.1) is 0 Å². The number of aromatic amines is 1. The first kappa shape index (κ1) is 18.7. The molecule has 1 aromatic heterocycles. The maximum absolute atomic E-state index is 13.1.